The van der Waals surface area contributed by atoms with Crippen LogP contribution in [0.5, 0.6) is 0 Å². The summed E-state index contributed by atoms with van der Waals surface area (Å²) in [6.45, 7) is 6.33. The van der Waals surface area contributed by atoms with Gasteiger partial charge in [0.2, 0.25) is 5.91 Å². The minimum atomic E-state index is -1.25. The first-order valence-electron chi connectivity index (χ1n) is 18.3. The lowest BCUT2D eigenvalue weighted by molar-refractivity contribution is -0.132. The molecule has 0 radical (unpaired) electrons. The van der Waals surface area contributed by atoms with Crippen molar-refractivity contribution in [2.75, 3.05) is 6.61 Å². The molecule has 0 aliphatic rings. The first kappa shape index (κ1) is 41.3. The van der Waals surface area contributed by atoms with Gasteiger partial charge in [-0.2, -0.15) is 0 Å². The molecule has 0 spiro atoms. The number of carbonyl (C=O) groups is 1. The molecule has 1 unspecified atom stereocenters. The fourth-order valence-electron chi connectivity index (χ4n) is 5.76. The van der Waals surface area contributed by atoms with Crippen molar-refractivity contribution in [1.82, 2.24) is 5.32 Å². The largest absolute Gasteiger partial charge is 0.394 e. The Bertz CT molecular complexity index is 573. The van der Waals surface area contributed by atoms with Gasteiger partial charge in [-0.15, -0.1) is 0 Å². The number of nitrogens with one attached hydrogen (secondary N) is 1. The van der Waals surface area contributed by atoms with Gasteiger partial charge >= 0.3 is 0 Å². The molecule has 6 nitrogen and oxygen atoms in total. The molecule has 0 fully saturated rings. The van der Waals surface area contributed by atoms with Crippen molar-refractivity contribution in [2.45, 2.75) is 212 Å². The predicted molar refractivity (Wildman–Crippen MR) is 178 cm³/mol. The molecular weight excluding hydrogens is 526 g/mol. The molecule has 6 heteroatoms. The van der Waals surface area contributed by atoms with E-state index in [0.29, 0.717) is 12.8 Å². The highest BCUT2D eigenvalue weighted by Gasteiger charge is 2.28. The summed E-state index contributed by atoms with van der Waals surface area (Å²) in [7, 11) is 0. The van der Waals surface area contributed by atoms with E-state index in [1.165, 1.54) is 116 Å². The molecule has 1 amide bonds. The van der Waals surface area contributed by atoms with Crippen molar-refractivity contribution < 1.29 is 25.2 Å². The van der Waals surface area contributed by atoms with E-state index in [1.54, 1.807) is 0 Å². The van der Waals surface area contributed by atoms with E-state index >= 15 is 0 Å². The smallest absolute Gasteiger partial charge is 0.249 e. The van der Waals surface area contributed by atoms with Gasteiger partial charge in [0.1, 0.15) is 12.2 Å². The highest BCUT2D eigenvalue weighted by molar-refractivity contribution is 5.80. The van der Waals surface area contributed by atoms with Crippen LogP contribution in [0, 0.1) is 5.92 Å². The van der Waals surface area contributed by atoms with E-state index < -0.39 is 36.9 Å². The van der Waals surface area contributed by atoms with Gasteiger partial charge in [0, 0.05) is 0 Å². The van der Waals surface area contributed by atoms with Gasteiger partial charge < -0.3 is 25.7 Å². The summed E-state index contributed by atoms with van der Waals surface area (Å²) >= 11 is 0. The number of aliphatic hydroxyl groups is 4. The Morgan fingerprint density at radius 2 is 0.905 bits per heavy atom. The van der Waals surface area contributed by atoms with Crippen molar-refractivity contribution in [3.8, 4) is 0 Å². The monoisotopic (exact) mass is 600 g/mol. The Balaban J connectivity index is 3.80. The van der Waals surface area contributed by atoms with Crippen molar-refractivity contribution in [2.24, 2.45) is 5.92 Å². The maximum Gasteiger partial charge on any atom is 0.249 e. The summed E-state index contributed by atoms with van der Waals surface area (Å²) in [4.78, 5) is 12.4. The van der Waals surface area contributed by atoms with E-state index in [0.717, 1.165) is 44.4 Å². The van der Waals surface area contributed by atoms with Crippen molar-refractivity contribution in [3.63, 3.8) is 0 Å². The molecule has 0 aromatic carbocycles. The lowest BCUT2D eigenvalue weighted by atomic mass is 9.99. The average molecular weight is 600 g/mol. The number of unbranched alkanes of at least 4 members (excludes halogenated alkanes) is 21. The first-order valence-corrected chi connectivity index (χ1v) is 18.3. The molecule has 0 aliphatic carbocycles. The second-order valence-corrected chi connectivity index (χ2v) is 13.4. The molecule has 5 N–H and O–H groups in total. The van der Waals surface area contributed by atoms with Crippen molar-refractivity contribution in [1.29, 1.82) is 0 Å². The van der Waals surface area contributed by atoms with Crippen LogP contribution in [0.1, 0.15) is 188 Å². The Hall–Kier alpha value is -0.690. The van der Waals surface area contributed by atoms with Crippen LogP contribution >= 0.6 is 0 Å². The Morgan fingerprint density at radius 1 is 0.548 bits per heavy atom. The highest BCUT2D eigenvalue weighted by atomic mass is 16.3. The van der Waals surface area contributed by atoms with Crippen molar-refractivity contribution in [3.05, 3.63) is 0 Å². The van der Waals surface area contributed by atoms with Gasteiger partial charge in [-0.1, -0.05) is 175 Å². The van der Waals surface area contributed by atoms with Crippen LogP contribution in [0.2, 0.25) is 0 Å². The zero-order chi connectivity index (χ0) is 31.3. The lowest BCUT2D eigenvalue weighted by Crippen LogP contribution is -2.53. The number of hydrogen-bond donors (Lipinski definition) is 5. The van der Waals surface area contributed by atoms with Gasteiger partial charge in [-0.3, -0.25) is 4.79 Å². The van der Waals surface area contributed by atoms with E-state index in [9.17, 15) is 25.2 Å². The first-order chi connectivity index (χ1) is 20.3. The van der Waals surface area contributed by atoms with Crippen LogP contribution in [0.4, 0.5) is 0 Å². The molecule has 0 saturated carbocycles. The van der Waals surface area contributed by atoms with E-state index in [4.69, 9.17) is 0 Å². The third-order valence-electron chi connectivity index (χ3n) is 8.75. The van der Waals surface area contributed by atoms with Crippen LogP contribution in [0.25, 0.3) is 0 Å². The maximum atomic E-state index is 12.4. The molecule has 0 rings (SSSR count). The van der Waals surface area contributed by atoms with Gasteiger partial charge in [-0.05, 0) is 18.8 Å². The van der Waals surface area contributed by atoms with Crippen LogP contribution in [0.3, 0.4) is 0 Å². The molecule has 42 heavy (non-hydrogen) atoms. The van der Waals surface area contributed by atoms with E-state index in [1.807, 2.05) is 0 Å². The van der Waals surface area contributed by atoms with Crippen molar-refractivity contribution >= 4 is 5.91 Å². The topological polar surface area (TPSA) is 110 Å². The van der Waals surface area contributed by atoms with Gasteiger partial charge in [0.25, 0.3) is 0 Å². The molecule has 0 aromatic heterocycles. The second kappa shape index (κ2) is 30.3. The third kappa shape index (κ3) is 25.8. The van der Waals surface area contributed by atoms with Crippen LogP contribution in [-0.2, 0) is 4.79 Å². The average Bonchev–Trinajstić information content (AvgIpc) is 2.97. The molecule has 0 bridgehead atoms. The zero-order valence-electron chi connectivity index (χ0n) is 28.2. The Labute approximate surface area is 260 Å². The predicted octanol–water partition coefficient (Wildman–Crippen LogP) is 8.36. The molecular formula is C36H73NO5. The highest BCUT2D eigenvalue weighted by Crippen LogP contribution is 2.16. The second-order valence-electron chi connectivity index (χ2n) is 13.4. The Kier molecular flexibility index (Phi) is 29.8. The van der Waals surface area contributed by atoms with E-state index in [2.05, 4.69) is 26.1 Å². The number of amides is 1. The van der Waals surface area contributed by atoms with Gasteiger partial charge in [0.05, 0.1) is 18.8 Å². The number of carbonyl (C=O) groups excluding carboxylic acids is 1. The summed E-state index contributed by atoms with van der Waals surface area (Å²) < 4.78 is 0. The SMILES string of the molecule is CCCCCCCCCCCCCCCCCC(O)C(=O)N[C@@H](CO)[C@H](O)[C@H](O)CCCCCCCCCCC(C)C. The summed E-state index contributed by atoms with van der Waals surface area (Å²) in [5.74, 6) is 0.207. The fraction of sp³-hybridized carbons (Fsp3) is 0.972. The Morgan fingerprint density at radius 3 is 1.29 bits per heavy atom. The van der Waals surface area contributed by atoms with Gasteiger partial charge in [0.15, 0.2) is 0 Å². The van der Waals surface area contributed by atoms with E-state index in [-0.39, 0.29) is 0 Å². The summed E-state index contributed by atoms with van der Waals surface area (Å²) in [5, 5.41) is 43.4. The molecule has 4 atom stereocenters. The number of rotatable bonds is 32. The molecule has 0 aliphatic heterocycles. The van der Waals surface area contributed by atoms with Crippen LogP contribution < -0.4 is 5.32 Å². The lowest BCUT2D eigenvalue weighted by Gasteiger charge is -2.27. The molecule has 0 saturated heterocycles. The molecule has 0 aromatic rings. The van der Waals surface area contributed by atoms with Crippen LogP contribution in [-0.4, -0.2) is 57.3 Å². The quantitative estimate of drug-likeness (QED) is 0.0499. The van der Waals surface area contributed by atoms with Gasteiger partial charge in [-0.25, -0.2) is 0 Å². The third-order valence-corrected chi connectivity index (χ3v) is 8.75. The summed E-state index contributed by atoms with van der Waals surface area (Å²) in [6.07, 6.45) is 27.0. The number of aliphatic hydroxyl groups excluding tert-OH is 4. The maximum absolute atomic E-state index is 12.4. The summed E-state index contributed by atoms with van der Waals surface area (Å²) in [5.41, 5.74) is 0. The normalized spacial score (nSPS) is 14.7. The number of hydrogen-bond acceptors (Lipinski definition) is 5. The molecule has 252 valence electrons. The molecule has 0 heterocycles. The summed E-state index contributed by atoms with van der Waals surface area (Å²) in [6, 6.07) is -0.978. The van der Waals surface area contributed by atoms with Crippen LogP contribution in [0.15, 0.2) is 0 Å². The minimum Gasteiger partial charge on any atom is -0.394 e. The standard InChI is InChI=1S/C36H73NO5/c1-4-5-6-7-8-9-10-11-12-13-14-15-20-23-26-29-34(40)36(42)37-32(30-38)35(41)33(39)28-25-22-19-17-16-18-21-24-27-31(2)3/h31-35,38-41H,4-30H2,1-3H3,(H,37,42)/t32-,33+,34?,35-/m0/s1. The minimum absolute atomic E-state index is 0.374. The zero-order valence-corrected chi connectivity index (χ0v) is 28.2. The fourth-order valence-corrected chi connectivity index (χ4v) is 5.76.